The molecule has 2 aromatic carbocycles. The van der Waals surface area contributed by atoms with Crippen LogP contribution in [-0.4, -0.2) is 14.6 Å². The van der Waals surface area contributed by atoms with Gasteiger partial charge in [0.05, 0.1) is 4.53 Å². The summed E-state index contributed by atoms with van der Waals surface area (Å²) < 4.78 is 27.8. The van der Waals surface area contributed by atoms with E-state index in [0.717, 1.165) is 0 Å². The van der Waals surface area contributed by atoms with E-state index >= 15 is 0 Å². The van der Waals surface area contributed by atoms with E-state index in [1.54, 1.807) is 30.3 Å². The molecule has 0 saturated heterocycles. The number of rotatable bonds is 2. The highest BCUT2D eigenvalue weighted by Crippen LogP contribution is 2.16. The molecule has 118 valence electrons. The van der Waals surface area contributed by atoms with Crippen LogP contribution in [0.1, 0.15) is 5.56 Å². The minimum absolute atomic E-state index is 0.319. The molecule has 4 rings (SSSR count). The van der Waals surface area contributed by atoms with E-state index in [2.05, 4.69) is 10.1 Å². The Morgan fingerprint density at radius 1 is 1.04 bits per heavy atom. The molecule has 7 heteroatoms. The molecule has 0 spiro atoms. The lowest BCUT2D eigenvalue weighted by molar-refractivity contribution is 0.627. The molecule has 0 amide bonds. The van der Waals surface area contributed by atoms with Gasteiger partial charge in [-0.2, -0.15) is 9.50 Å². The van der Waals surface area contributed by atoms with E-state index in [-0.39, 0.29) is 17.2 Å². The number of fused-ring (bicyclic) bond motifs is 1. The molecular formula is C17H9F2N3OS. The summed E-state index contributed by atoms with van der Waals surface area (Å²) in [6, 6.07) is 11.7. The summed E-state index contributed by atoms with van der Waals surface area (Å²) in [5, 5.41) is 4.18. The van der Waals surface area contributed by atoms with Crippen molar-refractivity contribution in [2.24, 2.45) is 0 Å². The summed E-state index contributed by atoms with van der Waals surface area (Å²) >= 11 is 1.17. The van der Waals surface area contributed by atoms with Gasteiger partial charge in [-0.3, -0.25) is 4.79 Å². The fourth-order valence-electron chi connectivity index (χ4n) is 2.30. The molecule has 0 aliphatic carbocycles. The zero-order valence-corrected chi connectivity index (χ0v) is 12.9. The van der Waals surface area contributed by atoms with Crippen molar-refractivity contribution < 1.29 is 8.78 Å². The highest BCUT2D eigenvalue weighted by molar-refractivity contribution is 7.15. The van der Waals surface area contributed by atoms with Crippen LogP contribution in [0, 0.1) is 11.6 Å². The number of benzene rings is 2. The predicted octanol–water partition coefficient (Wildman–Crippen LogP) is 2.64. The summed E-state index contributed by atoms with van der Waals surface area (Å²) in [5.74, 6) is -0.360. The highest BCUT2D eigenvalue weighted by atomic mass is 32.1. The lowest BCUT2D eigenvalue weighted by atomic mass is 10.2. The van der Waals surface area contributed by atoms with Gasteiger partial charge in [0.2, 0.25) is 4.96 Å². The normalized spacial score (nSPS) is 12.2. The monoisotopic (exact) mass is 341 g/mol. The zero-order chi connectivity index (χ0) is 16.7. The van der Waals surface area contributed by atoms with Crippen LogP contribution in [0.25, 0.3) is 22.4 Å². The van der Waals surface area contributed by atoms with Gasteiger partial charge >= 0.3 is 0 Å². The second kappa shape index (κ2) is 5.61. The summed E-state index contributed by atoms with van der Waals surface area (Å²) in [7, 11) is 0. The van der Waals surface area contributed by atoms with E-state index in [1.165, 1.54) is 40.1 Å². The van der Waals surface area contributed by atoms with Crippen LogP contribution < -0.4 is 10.1 Å². The maximum atomic E-state index is 13.2. The van der Waals surface area contributed by atoms with Crippen molar-refractivity contribution >= 4 is 22.4 Å². The quantitative estimate of drug-likeness (QED) is 0.563. The van der Waals surface area contributed by atoms with Crippen LogP contribution in [0.5, 0.6) is 0 Å². The topological polar surface area (TPSA) is 47.3 Å². The van der Waals surface area contributed by atoms with Gasteiger partial charge in [0.25, 0.3) is 5.56 Å². The van der Waals surface area contributed by atoms with E-state index in [4.69, 9.17) is 0 Å². The minimum atomic E-state index is -0.366. The zero-order valence-electron chi connectivity index (χ0n) is 12.1. The Morgan fingerprint density at radius 3 is 2.54 bits per heavy atom. The number of aromatic nitrogens is 3. The van der Waals surface area contributed by atoms with Crippen LogP contribution in [0.15, 0.2) is 53.3 Å². The van der Waals surface area contributed by atoms with Crippen molar-refractivity contribution in [3.63, 3.8) is 0 Å². The van der Waals surface area contributed by atoms with Crippen LogP contribution in [0.4, 0.5) is 8.78 Å². The first-order chi connectivity index (χ1) is 11.6. The third-order valence-corrected chi connectivity index (χ3v) is 4.39. The van der Waals surface area contributed by atoms with Gasteiger partial charge in [-0.05, 0) is 48.0 Å². The highest BCUT2D eigenvalue weighted by Gasteiger charge is 2.12. The Labute approximate surface area is 138 Å². The smallest absolute Gasteiger partial charge is 0.266 e. The SMILES string of the molecule is O=c1/c(=C/c2cccc(F)c2)sc2nc(-c3ccc(F)cc3)nn12. The molecule has 4 aromatic rings. The first-order valence-electron chi connectivity index (χ1n) is 7.03. The van der Waals surface area contributed by atoms with Gasteiger partial charge in [-0.15, -0.1) is 5.10 Å². The molecule has 4 nitrogen and oxygen atoms in total. The third kappa shape index (κ3) is 2.59. The van der Waals surface area contributed by atoms with Crippen molar-refractivity contribution in [2.75, 3.05) is 0 Å². The minimum Gasteiger partial charge on any atom is -0.266 e. The molecule has 24 heavy (non-hydrogen) atoms. The standard InChI is InChI=1S/C17H9F2N3OS/c18-12-6-4-11(5-7-12)15-20-17-22(21-15)16(23)14(24-17)9-10-2-1-3-13(19)8-10/h1-9H/b14-9-. The van der Waals surface area contributed by atoms with Crippen molar-refractivity contribution in [3.05, 3.63) is 80.6 Å². The molecule has 0 aliphatic rings. The molecular weight excluding hydrogens is 332 g/mol. The van der Waals surface area contributed by atoms with E-state index < -0.39 is 0 Å². The summed E-state index contributed by atoms with van der Waals surface area (Å²) in [5.41, 5.74) is 0.901. The van der Waals surface area contributed by atoms with Gasteiger partial charge < -0.3 is 0 Å². The molecule has 0 fully saturated rings. The number of halogens is 2. The first-order valence-corrected chi connectivity index (χ1v) is 7.84. The molecule has 0 saturated carbocycles. The van der Waals surface area contributed by atoms with Gasteiger partial charge in [-0.25, -0.2) is 8.78 Å². The average molecular weight is 341 g/mol. The fourth-order valence-corrected chi connectivity index (χ4v) is 3.21. The van der Waals surface area contributed by atoms with Gasteiger partial charge in [0, 0.05) is 5.56 Å². The molecule has 0 N–H and O–H groups in total. The Hall–Kier alpha value is -2.93. The number of hydrogen-bond acceptors (Lipinski definition) is 4. The van der Waals surface area contributed by atoms with E-state index in [9.17, 15) is 13.6 Å². The first kappa shape index (κ1) is 14.6. The second-order valence-corrected chi connectivity index (χ2v) is 6.12. The van der Waals surface area contributed by atoms with Gasteiger partial charge in [0.15, 0.2) is 5.82 Å². The molecule has 0 bridgehead atoms. The van der Waals surface area contributed by atoms with E-state index in [1.807, 2.05) is 0 Å². The molecule has 2 aromatic heterocycles. The van der Waals surface area contributed by atoms with Crippen molar-refractivity contribution in [2.45, 2.75) is 0 Å². The molecule has 0 radical (unpaired) electrons. The third-order valence-electron chi connectivity index (χ3n) is 3.43. The molecule has 2 heterocycles. The van der Waals surface area contributed by atoms with Crippen LogP contribution in [-0.2, 0) is 0 Å². The molecule has 0 aliphatic heterocycles. The van der Waals surface area contributed by atoms with Gasteiger partial charge in [0.1, 0.15) is 11.6 Å². The van der Waals surface area contributed by atoms with Gasteiger partial charge in [-0.1, -0.05) is 23.5 Å². The Bertz CT molecular complexity index is 1150. The second-order valence-electron chi connectivity index (χ2n) is 5.11. The summed E-state index contributed by atoms with van der Waals surface area (Å²) in [6.07, 6.45) is 1.60. The molecule has 0 unspecified atom stereocenters. The predicted molar refractivity (Wildman–Crippen MR) is 87.7 cm³/mol. The van der Waals surface area contributed by atoms with Crippen LogP contribution in [0.3, 0.4) is 0 Å². The summed E-state index contributed by atoms with van der Waals surface area (Å²) in [6.45, 7) is 0. The largest absolute Gasteiger partial charge is 0.291 e. The number of hydrogen-bond donors (Lipinski definition) is 0. The Morgan fingerprint density at radius 2 is 1.83 bits per heavy atom. The van der Waals surface area contributed by atoms with Crippen molar-refractivity contribution in [1.29, 1.82) is 0 Å². The average Bonchev–Trinajstić information content (AvgIpc) is 3.09. The Kier molecular flexibility index (Phi) is 3.42. The molecule has 0 atom stereocenters. The number of thiazole rings is 1. The van der Waals surface area contributed by atoms with Crippen molar-refractivity contribution in [3.8, 4) is 11.4 Å². The maximum Gasteiger partial charge on any atom is 0.291 e. The van der Waals surface area contributed by atoms with E-state index in [0.29, 0.717) is 26.4 Å². The van der Waals surface area contributed by atoms with Crippen LogP contribution in [0.2, 0.25) is 0 Å². The lowest BCUT2D eigenvalue weighted by Gasteiger charge is -1.93. The number of nitrogens with zero attached hydrogens (tertiary/aromatic N) is 3. The summed E-state index contributed by atoms with van der Waals surface area (Å²) in [4.78, 5) is 17.1. The Balaban J connectivity index is 1.81. The fraction of sp³-hybridized carbons (Fsp3) is 0. The lowest BCUT2D eigenvalue weighted by Crippen LogP contribution is -2.23. The maximum absolute atomic E-state index is 13.2. The van der Waals surface area contributed by atoms with Crippen LogP contribution >= 0.6 is 11.3 Å². The van der Waals surface area contributed by atoms with Crippen molar-refractivity contribution in [1.82, 2.24) is 14.6 Å².